The largest absolute Gasteiger partial charge is 0.398 e. The zero-order valence-corrected chi connectivity index (χ0v) is 12.2. The second kappa shape index (κ2) is 4.38. The highest BCUT2D eigenvalue weighted by Gasteiger charge is 2.16. The van der Waals surface area contributed by atoms with Crippen LogP contribution in [0.5, 0.6) is 0 Å². The number of anilines is 1. The summed E-state index contributed by atoms with van der Waals surface area (Å²) >= 11 is 0. The molecule has 0 fully saturated rings. The molecule has 6 heteroatoms. The third kappa shape index (κ3) is 2.35. The van der Waals surface area contributed by atoms with E-state index >= 15 is 0 Å². The van der Waals surface area contributed by atoms with Gasteiger partial charge in [-0.1, -0.05) is 6.07 Å². The normalized spacial score (nSPS) is 11.8. The molecule has 5 nitrogen and oxygen atoms in total. The summed E-state index contributed by atoms with van der Waals surface area (Å²) in [5.74, 6) is 0. The molecule has 0 radical (unpaired) electrons. The van der Waals surface area contributed by atoms with Crippen molar-refractivity contribution in [1.82, 2.24) is 9.78 Å². The number of sulfone groups is 1. The summed E-state index contributed by atoms with van der Waals surface area (Å²) in [4.78, 5) is 0.160. The minimum Gasteiger partial charge on any atom is -0.398 e. The minimum absolute atomic E-state index is 0.160. The van der Waals surface area contributed by atoms with Crippen LogP contribution in [0.15, 0.2) is 23.1 Å². The van der Waals surface area contributed by atoms with E-state index in [2.05, 4.69) is 5.10 Å². The number of hydrogen-bond donors (Lipinski definition) is 1. The van der Waals surface area contributed by atoms with Crippen molar-refractivity contribution >= 4 is 15.5 Å². The fourth-order valence-electron chi connectivity index (χ4n) is 2.20. The van der Waals surface area contributed by atoms with Crippen LogP contribution in [0.2, 0.25) is 0 Å². The van der Waals surface area contributed by atoms with Crippen molar-refractivity contribution in [2.45, 2.75) is 18.7 Å². The first-order valence-electron chi connectivity index (χ1n) is 5.82. The highest BCUT2D eigenvalue weighted by atomic mass is 32.2. The SMILES string of the molecule is Cc1nn(C)c(C)c1-c1ccc(N)c(S(C)(=O)=O)c1. The standard InChI is InChI=1S/C13H17N3O2S/c1-8-13(9(2)16(3)15-8)10-5-6-11(14)12(7-10)19(4,17)18/h5-7H,14H2,1-4H3. The van der Waals surface area contributed by atoms with Gasteiger partial charge in [-0.25, -0.2) is 8.42 Å². The van der Waals surface area contributed by atoms with Crippen LogP contribution in [0.1, 0.15) is 11.4 Å². The summed E-state index contributed by atoms with van der Waals surface area (Å²) < 4.78 is 25.2. The van der Waals surface area contributed by atoms with E-state index < -0.39 is 9.84 Å². The second-order valence-electron chi connectivity index (χ2n) is 4.69. The maximum absolute atomic E-state index is 11.7. The van der Waals surface area contributed by atoms with Gasteiger partial charge in [0.1, 0.15) is 0 Å². The van der Waals surface area contributed by atoms with Crippen LogP contribution >= 0.6 is 0 Å². The van der Waals surface area contributed by atoms with Crippen molar-refractivity contribution in [3.05, 3.63) is 29.6 Å². The first-order chi connectivity index (χ1) is 8.71. The fourth-order valence-corrected chi connectivity index (χ4v) is 3.04. The molecule has 2 aromatic rings. The van der Waals surface area contributed by atoms with Gasteiger partial charge in [-0.2, -0.15) is 5.10 Å². The third-order valence-corrected chi connectivity index (χ3v) is 4.36. The van der Waals surface area contributed by atoms with Gasteiger partial charge in [0.25, 0.3) is 0 Å². The average molecular weight is 279 g/mol. The van der Waals surface area contributed by atoms with Gasteiger partial charge in [0, 0.05) is 24.6 Å². The molecule has 1 aromatic carbocycles. The van der Waals surface area contributed by atoms with Crippen LogP contribution in [-0.2, 0) is 16.9 Å². The van der Waals surface area contributed by atoms with Crippen LogP contribution in [0, 0.1) is 13.8 Å². The summed E-state index contributed by atoms with van der Waals surface area (Å²) in [6, 6.07) is 5.06. The zero-order chi connectivity index (χ0) is 14.4. The predicted molar refractivity (Wildman–Crippen MR) is 75.6 cm³/mol. The maximum Gasteiger partial charge on any atom is 0.177 e. The van der Waals surface area contributed by atoms with E-state index in [1.165, 1.54) is 0 Å². The molecular formula is C13H17N3O2S. The molecule has 0 aliphatic carbocycles. The molecule has 2 rings (SSSR count). The Morgan fingerprint density at radius 1 is 1.26 bits per heavy atom. The number of aromatic nitrogens is 2. The Morgan fingerprint density at radius 3 is 2.37 bits per heavy atom. The quantitative estimate of drug-likeness (QED) is 0.849. The molecule has 102 valence electrons. The monoisotopic (exact) mass is 279 g/mol. The molecule has 0 saturated heterocycles. The number of rotatable bonds is 2. The number of benzene rings is 1. The van der Waals surface area contributed by atoms with Gasteiger partial charge < -0.3 is 5.73 Å². The molecule has 0 aliphatic rings. The minimum atomic E-state index is -3.34. The molecule has 1 aromatic heterocycles. The number of aryl methyl sites for hydroxylation is 2. The van der Waals surface area contributed by atoms with Gasteiger partial charge in [-0.3, -0.25) is 4.68 Å². The molecule has 2 N–H and O–H groups in total. The van der Waals surface area contributed by atoms with Gasteiger partial charge in [-0.05, 0) is 31.5 Å². The van der Waals surface area contributed by atoms with Gasteiger partial charge in [-0.15, -0.1) is 0 Å². The maximum atomic E-state index is 11.7. The molecule has 0 unspecified atom stereocenters. The Hall–Kier alpha value is -1.82. The third-order valence-electron chi connectivity index (χ3n) is 3.21. The summed E-state index contributed by atoms with van der Waals surface area (Å²) in [5.41, 5.74) is 9.63. The molecule has 0 saturated carbocycles. The Labute approximate surface area is 113 Å². The number of hydrogen-bond acceptors (Lipinski definition) is 4. The van der Waals surface area contributed by atoms with Crippen molar-refractivity contribution in [3.8, 4) is 11.1 Å². The highest BCUT2D eigenvalue weighted by Crippen LogP contribution is 2.30. The molecule has 19 heavy (non-hydrogen) atoms. The lowest BCUT2D eigenvalue weighted by Crippen LogP contribution is -2.02. The van der Waals surface area contributed by atoms with Crippen LogP contribution in [0.3, 0.4) is 0 Å². The molecule has 0 aliphatic heterocycles. The Balaban J connectivity index is 2.72. The van der Waals surface area contributed by atoms with Crippen LogP contribution in [0.25, 0.3) is 11.1 Å². The van der Waals surface area contributed by atoms with Crippen molar-refractivity contribution in [3.63, 3.8) is 0 Å². The topological polar surface area (TPSA) is 78.0 Å². The van der Waals surface area contributed by atoms with E-state index in [1.54, 1.807) is 16.8 Å². The van der Waals surface area contributed by atoms with E-state index in [0.29, 0.717) is 0 Å². The lowest BCUT2D eigenvalue weighted by molar-refractivity contribution is 0.602. The average Bonchev–Trinajstić information content (AvgIpc) is 2.53. The van der Waals surface area contributed by atoms with E-state index in [0.717, 1.165) is 28.8 Å². The predicted octanol–water partition coefficient (Wildman–Crippen LogP) is 1.69. The van der Waals surface area contributed by atoms with Gasteiger partial charge >= 0.3 is 0 Å². The summed E-state index contributed by atoms with van der Waals surface area (Å²) in [6.45, 7) is 3.85. The molecule has 0 spiro atoms. The molecule has 0 atom stereocenters. The van der Waals surface area contributed by atoms with Crippen LogP contribution < -0.4 is 5.73 Å². The fraction of sp³-hybridized carbons (Fsp3) is 0.308. The molecule has 0 amide bonds. The Morgan fingerprint density at radius 2 is 1.89 bits per heavy atom. The van der Waals surface area contributed by atoms with E-state index in [1.807, 2.05) is 27.0 Å². The number of nitrogens with zero attached hydrogens (tertiary/aromatic N) is 2. The summed E-state index contributed by atoms with van der Waals surface area (Å²) in [5, 5.41) is 4.34. The first-order valence-corrected chi connectivity index (χ1v) is 7.71. The number of nitrogen functional groups attached to an aromatic ring is 1. The zero-order valence-electron chi connectivity index (χ0n) is 11.4. The highest BCUT2D eigenvalue weighted by molar-refractivity contribution is 7.90. The van der Waals surface area contributed by atoms with Gasteiger partial charge in [0.05, 0.1) is 16.3 Å². The molecule has 0 bridgehead atoms. The van der Waals surface area contributed by atoms with E-state index in [9.17, 15) is 8.42 Å². The van der Waals surface area contributed by atoms with Crippen LogP contribution in [-0.4, -0.2) is 24.5 Å². The van der Waals surface area contributed by atoms with Crippen LogP contribution in [0.4, 0.5) is 5.69 Å². The van der Waals surface area contributed by atoms with Crippen molar-refractivity contribution in [1.29, 1.82) is 0 Å². The summed E-state index contributed by atoms with van der Waals surface area (Å²) in [7, 11) is -1.47. The summed E-state index contributed by atoms with van der Waals surface area (Å²) in [6.07, 6.45) is 1.16. The number of nitrogens with two attached hydrogens (primary N) is 1. The van der Waals surface area contributed by atoms with Gasteiger partial charge in [0.2, 0.25) is 0 Å². The molecular weight excluding hydrogens is 262 g/mol. The van der Waals surface area contributed by atoms with Gasteiger partial charge in [0.15, 0.2) is 9.84 Å². The Kier molecular flexibility index (Phi) is 3.14. The van der Waals surface area contributed by atoms with E-state index in [-0.39, 0.29) is 10.6 Å². The van der Waals surface area contributed by atoms with Crippen molar-refractivity contribution < 1.29 is 8.42 Å². The Bertz CT molecular complexity index is 745. The molecule has 1 heterocycles. The van der Waals surface area contributed by atoms with Crippen molar-refractivity contribution in [2.75, 3.05) is 12.0 Å². The lowest BCUT2D eigenvalue weighted by atomic mass is 10.0. The van der Waals surface area contributed by atoms with Crippen molar-refractivity contribution in [2.24, 2.45) is 7.05 Å². The van der Waals surface area contributed by atoms with E-state index in [4.69, 9.17) is 5.73 Å². The lowest BCUT2D eigenvalue weighted by Gasteiger charge is -2.08. The second-order valence-corrected chi connectivity index (χ2v) is 6.68. The smallest absolute Gasteiger partial charge is 0.177 e. The first kappa shape index (κ1) is 13.6.